The Morgan fingerprint density at radius 2 is 1.88 bits per heavy atom. The third-order valence-electron chi connectivity index (χ3n) is 4.43. The van der Waals surface area contributed by atoms with Crippen molar-refractivity contribution in [2.75, 3.05) is 19.5 Å². The van der Waals surface area contributed by atoms with Crippen molar-refractivity contribution in [1.82, 2.24) is 10.3 Å². The number of fused-ring (bicyclic) bond motifs is 1. The first-order valence-corrected chi connectivity index (χ1v) is 11.9. The fourth-order valence-electron chi connectivity index (χ4n) is 2.93. The molecule has 2 N–H and O–H groups in total. The fraction of sp³-hybridized carbons (Fsp3) is 0.0952. The molecule has 11 heteroatoms. The van der Waals surface area contributed by atoms with Gasteiger partial charge in [0.05, 0.1) is 24.9 Å². The Kier molecular flexibility index (Phi) is 6.82. The first-order valence-electron chi connectivity index (χ1n) is 9.07. The number of thiocarbonyl (C=S) groups is 1. The zero-order valence-corrected chi connectivity index (χ0v) is 20.7. The van der Waals surface area contributed by atoms with Crippen LogP contribution in [-0.2, 0) is 0 Å². The molecule has 0 spiro atoms. The van der Waals surface area contributed by atoms with Crippen LogP contribution in [0, 0.1) is 0 Å². The Bertz CT molecular complexity index is 1340. The van der Waals surface area contributed by atoms with Gasteiger partial charge in [-0.05, 0) is 42.5 Å². The van der Waals surface area contributed by atoms with Gasteiger partial charge in [0.15, 0.2) is 21.7 Å². The Morgan fingerprint density at radius 3 is 2.62 bits per heavy atom. The number of methoxy groups -OCH3 is 2. The summed E-state index contributed by atoms with van der Waals surface area (Å²) in [5.41, 5.74) is 1.59. The lowest BCUT2D eigenvalue weighted by Gasteiger charge is -2.08. The zero-order chi connectivity index (χ0) is 22.8. The molecule has 0 fully saturated rings. The number of thiophene rings is 1. The van der Waals surface area contributed by atoms with Gasteiger partial charge in [0.1, 0.15) is 4.88 Å². The summed E-state index contributed by atoms with van der Waals surface area (Å²) >= 11 is 20.3. The molecule has 0 saturated heterocycles. The van der Waals surface area contributed by atoms with Crippen LogP contribution in [0.2, 0.25) is 10.0 Å². The highest BCUT2D eigenvalue weighted by molar-refractivity contribution is 7.80. The normalized spacial score (nSPS) is 10.8. The van der Waals surface area contributed by atoms with Gasteiger partial charge >= 0.3 is 0 Å². The van der Waals surface area contributed by atoms with E-state index in [1.165, 1.54) is 22.7 Å². The third-order valence-corrected chi connectivity index (χ3v) is 7.28. The Labute approximate surface area is 207 Å². The van der Waals surface area contributed by atoms with Gasteiger partial charge in [-0.25, -0.2) is 4.98 Å². The Hall–Kier alpha value is -2.43. The highest BCUT2D eigenvalue weighted by atomic mass is 35.5. The van der Waals surface area contributed by atoms with E-state index in [-0.39, 0.29) is 5.11 Å². The van der Waals surface area contributed by atoms with Crippen LogP contribution in [0.1, 0.15) is 9.67 Å². The number of anilines is 1. The third kappa shape index (κ3) is 4.67. The number of nitrogens with one attached hydrogen (secondary N) is 2. The molecule has 0 atom stereocenters. The van der Waals surface area contributed by atoms with Gasteiger partial charge in [-0.2, -0.15) is 0 Å². The number of carbonyl (C=O) groups is 1. The van der Waals surface area contributed by atoms with E-state index in [9.17, 15) is 4.79 Å². The number of rotatable bonds is 5. The lowest BCUT2D eigenvalue weighted by atomic mass is 10.1. The van der Waals surface area contributed by atoms with Gasteiger partial charge in [-0.3, -0.25) is 10.1 Å². The smallest absolute Gasteiger partial charge is 0.269 e. The van der Waals surface area contributed by atoms with Crippen molar-refractivity contribution in [2.45, 2.75) is 0 Å². The number of ether oxygens (including phenoxy) is 2. The maximum Gasteiger partial charge on any atom is 0.269 e. The van der Waals surface area contributed by atoms with Crippen LogP contribution in [0.15, 0.2) is 41.8 Å². The Balaban J connectivity index is 1.46. The van der Waals surface area contributed by atoms with Crippen LogP contribution in [-0.4, -0.2) is 30.2 Å². The van der Waals surface area contributed by atoms with Crippen LogP contribution in [0.3, 0.4) is 0 Å². The van der Waals surface area contributed by atoms with Crippen LogP contribution >= 0.6 is 58.1 Å². The molecule has 32 heavy (non-hydrogen) atoms. The van der Waals surface area contributed by atoms with E-state index < -0.39 is 5.91 Å². The van der Waals surface area contributed by atoms with Gasteiger partial charge in [0.25, 0.3) is 5.91 Å². The largest absolute Gasteiger partial charge is 0.493 e. The number of amides is 1. The predicted molar refractivity (Wildman–Crippen MR) is 136 cm³/mol. The molecule has 0 unspecified atom stereocenters. The van der Waals surface area contributed by atoms with E-state index in [1.54, 1.807) is 32.4 Å². The van der Waals surface area contributed by atoms with Crippen molar-refractivity contribution in [3.8, 4) is 22.8 Å². The number of benzene rings is 2. The van der Waals surface area contributed by atoms with E-state index in [1.807, 2.05) is 23.6 Å². The van der Waals surface area contributed by atoms with Gasteiger partial charge in [-0.1, -0.05) is 29.3 Å². The number of hydrogen-bond acceptors (Lipinski definition) is 7. The summed E-state index contributed by atoms with van der Waals surface area (Å²) in [5, 5.41) is 9.83. The molecule has 164 valence electrons. The summed E-state index contributed by atoms with van der Waals surface area (Å²) in [6.07, 6.45) is 0. The van der Waals surface area contributed by atoms with Gasteiger partial charge in [0, 0.05) is 26.1 Å². The maximum absolute atomic E-state index is 12.7. The van der Waals surface area contributed by atoms with Gasteiger partial charge in [-0.15, -0.1) is 22.7 Å². The highest BCUT2D eigenvalue weighted by Gasteiger charge is 2.19. The second kappa shape index (κ2) is 9.60. The van der Waals surface area contributed by atoms with Crippen molar-refractivity contribution >= 4 is 84.3 Å². The number of nitrogens with zero attached hydrogens (tertiary/aromatic N) is 1. The van der Waals surface area contributed by atoms with Crippen molar-refractivity contribution < 1.29 is 14.3 Å². The fourth-order valence-corrected chi connectivity index (χ4v) is 5.60. The van der Waals surface area contributed by atoms with Crippen molar-refractivity contribution in [3.63, 3.8) is 0 Å². The molecule has 2 heterocycles. The summed E-state index contributed by atoms with van der Waals surface area (Å²) in [5.74, 6) is 0.842. The predicted octanol–water partition coefficient (Wildman–Crippen LogP) is 6.48. The molecule has 0 aliphatic carbocycles. The van der Waals surface area contributed by atoms with Crippen LogP contribution in [0.25, 0.3) is 21.3 Å². The number of thiazole rings is 1. The first-order chi connectivity index (χ1) is 15.4. The van der Waals surface area contributed by atoms with Crippen LogP contribution in [0.5, 0.6) is 11.5 Å². The quantitative estimate of drug-likeness (QED) is 0.292. The molecule has 0 aliphatic heterocycles. The highest BCUT2D eigenvalue weighted by Crippen LogP contribution is 2.37. The van der Waals surface area contributed by atoms with E-state index in [0.717, 1.165) is 21.3 Å². The summed E-state index contributed by atoms with van der Waals surface area (Å²) < 4.78 is 11.4. The SMILES string of the molecule is COc1ccc(-c2csc(NC(=S)NC(=O)c3sc4cc(Cl)ccc4c3Cl)n2)cc1OC. The molecule has 4 rings (SSSR count). The number of halogens is 2. The summed E-state index contributed by atoms with van der Waals surface area (Å²) in [6, 6.07) is 10.8. The summed E-state index contributed by atoms with van der Waals surface area (Å²) in [7, 11) is 3.16. The number of carbonyl (C=O) groups excluding carboxylic acids is 1. The minimum Gasteiger partial charge on any atom is -0.493 e. The lowest BCUT2D eigenvalue weighted by Crippen LogP contribution is -2.33. The zero-order valence-electron chi connectivity index (χ0n) is 16.7. The molecule has 6 nitrogen and oxygen atoms in total. The average Bonchev–Trinajstić information content (AvgIpc) is 3.37. The number of hydrogen-bond donors (Lipinski definition) is 2. The maximum atomic E-state index is 12.7. The number of aromatic nitrogens is 1. The second-order valence-corrected chi connectivity index (χ2v) is 9.53. The molecule has 0 aliphatic rings. The van der Waals surface area contributed by atoms with E-state index in [4.69, 9.17) is 44.9 Å². The van der Waals surface area contributed by atoms with E-state index in [0.29, 0.717) is 31.6 Å². The molecule has 2 aromatic heterocycles. The average molecular weight is 524 g/mol. The molecule has 1 amide bonds. The lowest BCUT2D eigenvalue weighted by molar-refractivity contribution is 0.0982. The van der Waals surface area contributed by atoms with Crippen molar-refractivity contribution in [3.05, 3.63) is 56.7 Å². The topological polar surface area (TPSA) is 72.5 Å². The Morgan fingerprint density at radius 1 is 1.09 bits per heavy atom. The van der Waals surface area contributed by atoms with Gasteiger partial charge < -0.3 is 14.8 Å². The van der Waals surface area contributed by atoms with Crippen molar-refractivity contribution in [1.29, 1.82) is 0 Å². The first kappa shape index (κ1) is 22.8. The minimum absolute atomic E-state index is 0.120. The van der Waals surface area contributed by atoms with Crippen LogP contribution in [0.4, 0.5) is 5.13 Å². The molecule has 4 aromatic rings. The molecule has 2 aromatic carbocycles. The van der Waals surface area contributed by atoms with E-state index >= 15 is 0 Å². The molecule has 0 bridgehead atoms. The summed E-state index contributed by atoms with van der Waals surface area (Å²) in [4.78, 5) is 17.6. The monoisotopic (exact) mass is 523 g/mol. The molecular formula is C21H15Cl2N3O3S3. The molecule has 0 radical (unpaired) electrons. The minimum atomic E-state index is -0.401. The molecule has 0 saturated carbocycles. The second-order valence-electron chi connectivity index (χ2n) is 6.40. The van der Waals surface area contributed by atoms with Crippen molar-refractivity contribution in [2.24, 2.45) is 0 Å². The molecular weight excluding hydrogens is 509 g/mol. The van der Waals surface area contributed by atoms with E-state index in [2.05, 4.69) is 15.6 Å². The van der Waals surface area contributed by atoms with Crippen LogP contribution < -0.4 is 20.1 Å². The van der Waals surface area contributed by atoms with Gasteiger partial charge in [0.2, 0.25) is 0 Å². The standard InChI is InChI=1S/C21H15Cl2N3O3S3/c1-28-14-6-3-10(7-15(14)29-2)13-9-31-21(24-13)26-20(30)25-19(27)18-17(23)12-5-4-11(22)8-16(12)32-18/h3-9H,1-2H3,(H2,24,25,26,27,30). The summed E-state index contributed by atoms with van der Waals surface area (Å²) in [6.45, 7) is 0.